The molecular weight excluding hydrogens is 322 g/mol. The first-order chi connectivity index (χ1) is 11.6. The number of hydrogen-bond acceptors (Lipinski definition) is 5. The zero-order valence-electron chi connectivity index (χ0n) is 13.4. The first-order valence-corrected chi connectivity index (χ1v) is 8.31. The smallest absolute Gasteiger partial charge is 0.268 e. The summed E-state index contributed by atoms with van der Waals surface area (Å²) < 4.78 is 5.72. The van der Waals surface area contributed by atoms with Crippen LogP contribution in [0.2, 0.25) is 0 Å². The lowest BCUT2D eigenvalue weighted by Crippen LogP contribution is -2.12. The average Bonchev–Trinajstić information content (AvgIpc) is 2.96. The van der Waals surface area contributed by atoms with Crippen molar-refractivity contribution in [1.29, 1.82) is 0 Å². The van der Waals surface area contributed by atoms with E-state index in [2.05, 4.69) is 15.3 Å². The van der Waals surface area contributed by atoms with Gasteiger partial charge in [-0.15, -0.1) is 11.3 Å². The Bertz CT molecular complexity index is 829. The lowest BCUT2D eigenvalue weighted by Gasteiger charge is -2.03. The molecule has 0 fully saturated rings. The maximum Gasteiger partial charge on any atom is 0.268 e. The molecule has 1 amide bonds. The molecule has 0 radical (unpaired) electrons. The van der Waals surface area contributed by atoms with E-state index in [-0.39, 0.29) is 5.91 Å². The Morgan fingerprint density at radius 2 is 1.96 bits per heavy atom. The molecule has 5 nitrogen and oxygen atoms in total. The Balaban J connectivity index is 1.66. The molecule has 0 saturated carbocycles. The Kier molecular flexibility index (Phi) is 4.86. The van der Waals surface area contributed by atoms with Gasteiger partial charge in [-0.05, 0) is 38.1 Å². The molecule has 0 aliphatic heterocycles. The third-order valence-electron chi connectivity index (χ3n) is 3.34. The summed E-state index contributed by atoms with van der Waals surface area (Å²) in [5.74, 6) is 1.10. The molecule has 2 heterocycles. The predicted molar refractivity (Wildman–Crippen MR) is 94.6 cm³/mol. The molecule has 0 atom stereocenters. The van der Waals surface area contributed by atoms with Gasteiger partial charge in [0, 0.05) is 6.20 Å². The van der Waals surface area contributed by atoms with Crippen LogP contribution in [0.4, 0.5) is 5.82 Å². The molecular formula is C18H17N3O2S. The van der Waals surface area contributed by atoms with Crippen molar-refractivity contribution in [1.82, 2.24) is 9.97 Å². The van der Waals surface area contributed by atoms with Gasteiger partial charge in [-0.1, -0.05) is 23.8 Å². The minimum absolute atomic E-state index is 0.203. The van der Waals surface area contributed by atoms with Crippen LogP contribution < -0.4 is 10.1 Å². The second kappa shape index (κ2) is 7.23. The molecule has 0 saturated heterocycles. The maximum atomic E-state index is 12.3. The quantitative estimate of drug-likeness (QED) is 0.763. The number of anilines is 1. The van der Waals surface area contributed by atoms with Gasteiger partial charge in [0.05, 0.1) is 5.69 Å². The van der Waals surface area contributed by atoms with Crippen molar-refractivity contribution in [3.63, 3.8) is 0 Å². The summed E-state index contributed by atoms with van der Waals surface area (Å²) in [5.41, 5.74) is 1.87. The Labute approximate surface area is 144 Å². The van der Waals surface area contributed by atoms with Crippen LogP contribution in [0.25, 0.3) is 0 Å². The number of carbonyl (C=O) groups is 1. The molecule has 1 aromatic carbocycles. The summed E-state index contributed by atoms with van der Waals surface area (Å²) in [5, 5.41) is 3.54. The largest absolute Gasteiger partial charge is 0.486 e. The molecule has 0 aliphatic carbocycles. The second-order valence-corrected chi connectivity index (χ2v) is 6.38. The molecule has 0 bridgehead atoms. The summed E-state index contributed by atoms with van der Waals surface area (Å²) in [6.45, 7) is 4.19. The second-order valence-electron chi connectivity index (χ2n) is 5.29. The SMILES string of the molecule is Cc1ccc(OCc2nc(C)c(C(=O)Nc3ccccn3)s2)cc1. The van der Waals surface area contributed by atoms with E-state index in [1.54, 1.807) is 18.3 Å². The highest BCUT2D eigenvalue weighted by Crippen LogP contribution is 2.21. The van der Waals surface area contributed by atoms with Crippen molar-refractivity contribution in [2.24, 2.45) is 0 Å². The van der Waals surface area contributed by atoms with Gasteiger partial charge in [-0.3, -0.25) is 4.79 Å². The van der Waals surface area contributed by atoms with Crippen molar-refractivity contribution in [3.05, 3.63) is 69.8 Å². The topological polar surface area (TPSA) is 64.1 Å². The zero-order valence-corrected chi connectivity index (χ0v) is 14.3. The number of aromatic nitrogens is 2. The number of benzene rings is 1. The third-order valence-corrected chi connectivity index (χ3v) is 4.47. The Morgan fingerprint density at radius 3 is 2.67 bits per heavy atom. The number of ether oxygens (including phenoxy) is 1. The van der Waals surface area contributed by atoms with Crippen molar-refractivity contribution >= 4 is 23.1 Å². The van der Waals surface area contributed by atoms with Gasteiger partial charge in [0.2, 0.25) is 0 Å². The van der Waals surface area contributed by atoms with Crippen molar-refractivity contribution in [3.8, 4) is 5.75 Å². The van der Waals surface area contributed by atoms with Crippen LogP contribution in [-0.2, 0) is 6.61 Å². The number of nitrogens with one attached hydrogen (secondary N) is 1. The molecule has 0 unspecified atom stereocenters. The molecule has 0 aliphatic rings. The highest BCUT2D eigenvalue weighted by Gasteiger charge is 2.16. The molecule has 24 heavy (non-hydrogen) atoms. The fourth-order valence-electron chi connectivity index (χ4n) is 2.11. The lowest BCUT2D eigenvalue weighted by atomic mass is 10.2. The first-order valence-electron chi connectivity index (χ1n) is 7.50. The van der Waals surface area contributed by atoms with E-state index in [4.69, 9.17) is 4.74 Å². The minimum atomic E-state index is -0.203. The molecule has 6 heteroatoms. The van der Waals surface area contributed by atoms with E-state index in [1.165, 1.54) is 16.9 Å². The van der Waals surface area contributed by atoms with Gasteiger partial charge in [0.25, 0.3) is 5.91 Å². The molecule has 0 spiro atoms. The van der Waals surface area contributed by atoms with E-state index in [1.807, 2.05) is 44.2 Å². The number of thiazole rings is 1. The van der Waals surface area contributed by atoms with E-state index in [0.29, 0.717) is 23.0 Å². The molecule has 3 aromatic rings. The zero-order chi connectivity index (χ0) is 16.9. The van der Waals surface area contributed by atoms with Gasteiger partial charge < -0.3 is 10.1 Å². The number of pyridine rings is 1. The fourth-order valence-corrected chi connectivity index (χ4v) is 2.99. The van der Waals surface area contributed by atoms with E-state index >= 15 is 0 Å². The number of aryl methyl sites for hydroxylation is 2. The number of amides is 1. The fraction of sp³-hybridized carbons (Fsp3) is 0.167. The van der Waals surface area contributed by atoms with Crippen LogP contribution >= 0.6 is 11.3 Å². The van der Waals surface area contributed by atoms with Gasteiger partial charge in [-0.2, -0.15) is 0 Å². The summed E-state index contributed by atoms with van der Waals surface area (Å²) >= 11 is 1.33. The van der Waals surface area contributed by atoms with Crippen LogP contribution in [0.15, 0.2) is 48.7 Å². The standard InChI is InChI=1S/C18H17N3O2S/c1-12-6-8-14(9-7-12)23-11-16-20-13(2)17(24-16)18(22)21-15-5-3-4-10-19-15/h3-10H,11H2,1-2H3,(H,19,21,22). The number of rotatable bonds is 5. The van der Waals surface area contributed by atoms with Crippen LogP contribution in [0.1, 0.15) is 25.9 Å². The van der Waals surface area contributed by atoms with Crippen LogP contribution in [0.3, 0.4) is 0 Å². The van der Waals surface area contributed by atoms with Crippen molar-refractivity contribution in [2.45, 2.75) is 20.5 Å². The Hall–Kier alpha value is -2.73. The van der Waals surface area contributed by atoms with Crippen molar-refractivity contribution in [2.75, 3.05) is 5.32 Å². The van der Waals surface area contributed by atoms with Crippen molar-refractivity contribution < 1.29 is 9.53 Å². The summed E-state index contributed by atoms with van der Waals surface area (Å²) in [6, 6.07) is 13.2. The normalized spacial score (nSPS) is 10.4. The third kappa shape index (κ3) is 3.97. The Morgan fingerprint density at radius 1 is 1.17 bits per heavy atom. The van der Waals surface area contributed by atoms with Gasteiger partial charge in [0.15, 0.2) is 0 Å². The predicted octanol–water partition coefficient (Wildman–Crippen LogP) is 3.99. The van der Waals surface area contributed by atoms with Crippen LogP contribution in [0, 0.1) is 13.8 Å². The number of carbonyl (C=O) groups excluding carboxylic acids is 1. The molecule has 3 rings (SSSR count). The molecule has 2 aromatic heterocycles. The highest BCUT2D eigenvalue weighted by molar-refractivity contribution is 7.13. The molecule has 1 N–H and O–H groups in total. The highest BCUT2D eigenvalue weighted by atomic mass is 32.1. The summed E-state index contributed by atoms with van der Waals surface area (Å²) in [7, 11) is 0. The minimum Gasteiger partial charge on any atom is -0.486 e. The monoisotopic (exact) mass is 339 g/mol. The van der Waals surface area contributed by atoms with E-state index in [0.717, 1.165) is 10.8 Å². The average molecular weight is 339 g/mol. The number of hydrogen-bond donors (Lipinski definition) is 1. The molecule has 122 valence electrons. The first kappa shape index (κ1) is 16.1. The van der Waals surface area contributed by atoms with E-state index < -0.39 is 0 Å². The van der Waals surface area contributed by atoms with Gasteiger partial charge in [0.1, 0.15) is 28.1 Å². The van der Waals surface area contributed by atoms with Crippen LogP contribution in [0.5, 0.6) is 5.75 Å². The van der Waals surface area contributed by atoms with Gasteiger partial charge >= 0.3 is 0 Å². The maximum absolute atomic E-state index is 12.3. The summed E-state index contributed by atoms with van der Waals surface area (Å²) in [6.07, 6.45) is 1.63. The lowest BCUT2D eigenvalue weighted by molar-refractivity contribution is 0.102. The van der Waals surface area contributed by atoms with Crippen LogP contribution in [-0.4, -0.2) is 15.9 Å². The van der Waals surface area contributed by atoms with Gasteiger partial charge in [-0.25, -0.2) is 9.97 Å². The summed E-state index contributed by atoms with van der Waals surface area (Å²) in [4.78, 5) is 21.4. The number of nitrogens with zero attached hydrogens (tertiary/aromatic N) is 2. The van der Waals surface area contributed by atoms with E-state index in [9.17, 15) is 4.79 Å².